The quantitative estimate of drug-likeness (QED) is 0.841. The standard InChI is InChI=1S/C18H28N4O2/c1-11(2)9-22(10-12(3)4)15-13(5)8-19-16-14(15)17(23)21(7)18(24)20(16)6/h8,11-12H,9-10H2,1-7H3. The number of hydrogen-bond acceptors (Lipinski definition) is 4. The maximum absolute atomic E-state index is 12.8. The summed E-state index contributed by atoms with van der Waals surface area (Å²) in [4.78, 5) is 31.7. The molecule has 0 amide bonds. The highest BCUT2D eigenvalue weighted by molar-refractivity contribution is 5.90. The first kappa shape index (κ1) is 18.2. The molecule has 0 aliphatic rings. The van der Waals surface area contributed by atoms with E-state index in [9.17, 15) is 9.59 Å². The highest BCUT2D eigenvalue weighted by atomic mass is 16.2. The number of rotatable bonds is 5. The van der Waals surface area contributed by atoms with Gasteiger partial charge in [-0.2, -0.15) is 0 Å². The van der Waals surface area contributed by atoms with E-state index in [2.05, 4.69) is 37.6 Å². The second-order valence-corrected chi connectivity index (χ2v) is 7.39. The normalized spacial score (nSPS) is 11.7. The summed E-state index contributed by atoms with van der Waals surface area (Å²) in [6.45, 7) is 12.3. The Bertz CT molecular complexity index is 852. The fourth-order valence-corrected chi connectivity index (χ4v) is 3.15. The Morgan fingerprint density at radius 3 is 2.08 bits per heavy atom. The van der Waals surface area contributed by atoms with Gasteiger partial charge in [-0.15, -0.1) is 0 Å². The van der Waals surface area contributed by atoms with Crippen molar-refractivity contribution < 1.29 is 0 Å². The molecule has 132 valence electrons. The van der Waals surface area contributed by atoms with Gasteiger partial charge in [0, 0.05) is 33.4 Å². The molecule has 0 atom stereocenters. The summed E-state index contributed by atoms with van der Waals surface area (Å²) in [5.74, 6) is 0.922. The fraction of sp³-hybridized carbons (Fsp3) is 0.611. The summed E-state index contributed by atoms with van der Waals surface area (Å²) in [6, 6.07) is 0. The van der Waals surface area contributed by atoms with Crippen LogP contribution in [0.5, 0.6) is 0 Å². The van der Waals surface area contributed by atoms with Crippen LogP contribution in [0.2, 0.25) is 0 Å². The Labute approximate surface area is 142 Å². The topological polar surface area (TPSA) is 60.1 Å². The zero-order chi connectivity index (χ0) is 18.2. The summed E-state index contributed by atoms with van der Waals surface area (Å²) in [7, 11) is 3.18. The minimum Gasteiger partial charge on any atom is -0.370 e. The van der Waals surface area contributed by atoms with Crippen molar-refractivity contribution in [1.29, 1.82) is 0 Å². The molecule has 0 aromatic carbocycles. The van der Waals surface area contributed by atoms with E-state index in [1.807, 2.05) is 6.92 Å². The largest absolute Gasteiger partial charge is 0.370 e. The van der Waals surface area contributed by atoms with Gasteiger partial charge < -0.3 is 4.90 Å². The summed E-state index contributed by atoms with van der Waals surface area (Å²) < 4.78 is 2.61. The molecular weight excluding hydrogens is 304 g/mol. The highest BCUT2D eigenvalue weighted by Crippen LogP contribution is 2.27. The molecular formula is C18H28N4O2. The van der Waals surface area contributed by atoms with Gasteiger partial charge in [0.05, 0.1) is 5.69 Å². The second kappa shape index (κ2) is 6.79. The van der Waals surface area contributed by atoms with E-state index >= 15 is 0 Å². The molecule has 24 heavy (non-hydrogen) atoms. The zero-order valence-electron chi connectivity index (χ0n) is 15.8. The minimum absolute atomic E-state index is 0.281. The van der Waals surface area contributed by atoms with Gasteiger partial charge in [0.25, 0.3) is 5.56 Å². The zero-order valence-corrected chi connectivity index (χ0v) is 15.8. The van der Waals surface area contributed by atoms with Crippen LogP contribution in [0.3, 0.4) is 0 Å². The van der Waals surface area contributed by atoms with Crippen molar-refractivity contribution in [3.63, 3.8) is 0 Å². The van der Waals surface area contributed by atoms with Gasteiger partial charge in [0.15, 0.2) is 5.65 Å². The van der Waals surface area contributed by atoms with E-state index in [4.69, 9.17) is 0 Å². The molecule has 0 spiro atoms. The molecule has 2 heterocycles. The fourth-order valence-electron chi connectivity index (χ4n) is 3.15. The molecule has 0 aliphatic heterocycles. The first-order valence-corrected chi connectivity index (χ1v) is 8.45. The third-order valence-corrected chi connectivity index (χ3v) is 4.11. The number of pyridine rings is 1. The molecule has 0 saturated carbocycles. The SMILES string of the molecule is Cc1cnc2c(c1N(CC(C)C)CC(C)C)c(=O)n(C)c(=O)n2C. The molecule has 0 N–H and O–H groups in total. The number of aromatic nitrogens is 3. The molecule has 0 bridgehead atoms. The Kier molecular flexibility index (Phi) is 5.16. The van der Waals surface area contributed by atoms with E-state index in [1.165, 1.54) is 11.6 Å². The van der Waals surface area contributed by atoms with Crippen LogP contribution in [-0.2, 0) is 14.1 Å². The predicted molar refractivity (Wildman–Crippen MR) is 98.9 cm³/mol. The van der Waals surface area contributed by atoms with Crippen molar-refractivity contribution in [2.45, 2.75) is 34.6 Å². The summed E-state index contributed by atoms with van der Waals surface area (Å²) in [6.07, 6.45) is 1.75. The Morgan fingerprint density at radius 2 is 1.58 bits per heavy atom. The first-order chi connectivity index (χ1) is 11.1. The summed E-state index contributed by atoms with van der Waals surface area (Å²) in [5.41, 5.74) is 1.67. The molecule has 0 unspecified atom stereocenters. The van der Waals surface area contributed by atoms with Crippen LogP contribution in [0.4, 0.5) is 5.69 Å². The van der Waals surface area contributed by atoms with E-state index in [0.717, 1.165) is 28.9 Å². The predicted octanol–water partition coefficient (Wildman–Crippen LogP) is 2.06. The lowest BCUT2D eigenvalue weighted by atomic mass is 10.1. The number of hydrogen-bond donors (Lipinski definition) is 0. The van der Waals surface area contributed by atoms with Gasteiger partial charge in [-0.05, 0) is 24.3 Å². The van der Waals surface area contributed by atoms with E-state index < -0.39 is 0 Å². The van der Waals surface area contributed by atoms with Crippen LogP contribution in [0.1, 0.15) is 33.3 Å². The average Bonchev–Trinajstić information content (AvgIpc) is 2.48. The molecule has 2 rings (SSSR count). The second-order valence-electron chi connectivity index (χ2n) is 7.39. The lowest BCUT2D eigenvalue weighted by Crippen LogP contribution is -2.39. The van der Waals surface area contributed by atoms with Gasteiger partial charge in [0.2, 0.25) is 0 Å². The van der Waals surface area contributed by atoms with Gasteiger partial charge >= 0.3 is 5.69 Å². The Balaban J connectivity index is 2.88. The van der Waals surface area contributed by atoms with Crippen LogP contribution >= 0.6 is 0 Å². The average molecular weight is 332 g/mol. The molecule has 6 nitrogen and oxygen atoms in total. The van der Waals surface area contributed by atoms with E-state index in [1.54, 1.807) is 13.2 Å². The van der Waals surface area contributed by atoms with Crippen molar-refractivity contribution in [2.75, 3.05) is 18.0 Å². The van der Waals surface area contributed by atoms with Crippen molar-refractivity contribution >= 4 is 16.7 Å². The summed E-state index contributed by atoms with van der Waals surface area (Å²) >= 11 is 0. The maximum Gasteiger partial charge on any atom is 0.332 e. The lowest BCUT2D eigenvalue weighted by molar-refractivity contribution is 0.552. The number of aryl methyl sites for hydroxylation is 2. The molecule has 0 aliphatic carbocycles. The van der Waals surface area contributed by atoms with Crippen molar-refractivity contribution in [1.82, 2.24) is 14.1 Å². The van der Waals surface area contributed by atoms with Gasteiger partial charge in [-0.3, -0.25) is 13.9 Å². The third-order valence-electron chi connectivity index (χ3n) is 4.11. The van der Waals surface area contributed by atoms with Crippen LogP contribution < -0.4 is 16.1 Å². The Hall–Kier alpha value is -2.11. The molecule has 2 aromatic heterocycles. The van der Waals surface area contributed by atoms with E-state index in [-0.39, 0.29) is 11.2 Å². The van der Waals surface area contributed by atoms with Crippen molar-refractivity contribution in [3.05, 3.63) is 32.6 Å². The first-order valence-electron chi connectivity index (χ1n) is 8.45. The molecule has 0 saturated heterocycles. The van der Waals surface area contributed by atoms with Gasteiger partial charge in [-0.25, -0.2) is 9.78 Å². The van der Waals surface area contributed by atoms with Crippen molar-refractivity contribution in [2.24, 2.45) is 25.9 Å². The molecule has 6 heteroatoms. The maximum atomic E-state index is 12.8. The number of anilines is 1. The monoisotopic (exact) mass is 332 g/mol. The molecule has 2 aromatic rings. The summed E-state index contributed by atoms with van der Waals surface area (Å²) in [5, 5.41) is 0.529. The van der Waals surface area contributed by atoms with Crippen LogP contribution in [0.25, 0.3) is 11.0 Å². The van der Waals surface area contributed by atoms with Crippen molar-refractivity contribution in [3.8, 4) is 0 Å². The molecule has 0 radical (unpaired) electrons. The van der Waals surface area contributed by atoms with Crippen LogP contribution in [0.15, 0.2) is 15.8 Å². The minimum atomic E-state index is -0.353. The Morgan fingerprint density at radius 1 is 1.04 bits per heavy atom. The van der Waals surface area contributed by atoms with Crippen LogP contribution in [0, 0.1) is 18.8 Å². The third kappa shape index (κ3) is 3.23. The molecule has 0 fully saturated rings. The van der Waals surface area contributed by atoms with E-state index in [0.29, 0.717) is 22.9 Å². The lowest BCUT2D eigenvalue weighted by Gasteiger charge is -2.30. The highest BCUT2D eigenvalue weighted by Gasteiger charge is 2.21. The number of nitrogens with zero attached hydrogens (tertiary/aromatic N) is 4. The number of fused-ring (bicyclic) bond motifs is 1. The smallest absolute Gasteiger partial charge is 0.332 e. The van der Waals surface area contributed by atoms with Gasteiger partial charge in [0.1, 0.15) is 5.39 Å². The van der Waals surface area contributed by atoms with Gasteiger partial charge in [-0.1, -0.05) is 27.7 Å². The van der Waals surface area contributed by atoms with Crippen LogP contribution in [-0.4, -0.2) is 27.2 Å².